The van der Waals surface area contributed by atoms with Gasteiger partial charge in [0.25, 0.3) is 10.1 Å². The van der Waals surface area contributed by atoms with E-state index in [1.54, 1.807) is 25.1 Å². The van der Waals surface area contributed by atoms with Gasteiger partial charge in [-0.3, -0.25) is 4.55 Å². The van der Waals surface area contributed by atoms with Gasteiger partial charge in [0.15, 0.2) is 0 Å². The van der Waals surface area contributed by atoms with Gasteiger partial charge in [0.2, 0.25) is 0 Å². The second kappa shape index (κ2) is 3.98. The molecule has 0 radical (unpaired) electrons. The Kier molecular flexibility index (Phi) is 2.77. The molecule has 0 bridgehead atoms. The van der Waals surface area contributed by atoms with E-state index in [0.29, 0.717) is 10.9 Å². The highest BCUT2D eigenvalue weighted by Crippen LogP contribution is 2.27. The number of benzene rings is 2. The molecular weight excluding hydrogens is 236 g/mol. The molecule has 0 unspecified atom stereocenters. The van der Waals surface area contributed by atoms with Crippen molar-refractivity contribution >= 4 is 26.5 Å². The summed E-state index contributed by atoms with van der Waals surface area (Å²) in [7, 11) is -4.23. The first-order chi connectivity index (χ1) is 7.89. The lowest BCUT2D eigenvalue weighted by molar-refractivity contribution is 0.484. The Bertz CT molecular complexity index is 700. The molecule has 0 aliphatic rings. The molecule has 0 aliphatic heterocycles. The molecule has 0 heterocycles. The van der Waals surface area contributed by atoms with Gasteiger partial charge in [-0.25, -0.2) is 0 Å². The van der Waals surface area contributed by atoms with Crippen LogP contribution in [-0.4, -0.2) is 13.0 Å². The number of fused-ring (bicyclic) bond motifs is 1. The fourth-order valence-corrected chi connectivity index (χ4v) is 2.47. The second-order valence-corrected chi connectivity index (χ2v) is 5.34. The van der Waals surface area contributed by atoms with Gasteiger partial charge in [0, 0.05) is 5.39 Å². The van der Waals surface area contributed by atoms with Crippen molar-refractivity contribution in [3.8, 4) is 0 Å². The van der Waals surface area contributed by atoms with Crippen molar-refractivity contribution in [1.29, 1.82) is 0 Å². The Morgan fingerprint density at radius 3 is 2.47 bits per heavy atom. The summed E-state index contributed by atoms with van der Waals surface area (Å²) in [5, 5.41) is 1.28. The van der Waals surface area contributed by atoms with Gasteiger partial charge < -0.3 is 0 Å². The molecule has 3 nitrogen and oxygen atoms in total. The molecule has 0 aliphatic carbocycles. The summed E-state index contributed by atoms with van der Waals surface area (Å²) >= 11 is 0. The van der Waals surface area contributed by atoms with Crippen molar-refractivity contribution in [2.45, 2.75) is 11.8 Å². The molecule has 2 aromatic carbocycles. The van der Waals surface area contributed by atoms with E-state index >= 15 is 0 Å². The lowest BCUT2D eigenvalue weighted by atomic mass is 10.0. The van der Waals surface area contributed by atoms with Crippen LogP contribution in [0, 0.1) is 0 Å². The second-order valence-electron chi connectivity index (χ2n) is 3.95. The summed E-state index contributed by atoms with van der Waals surface area (Å²) in [6.07, 6.45) is 0. The molecule has 17 heavy (non-hydrogen) atoms. The van der Waals surface area contributed by atoms with Gasteiger partial charge in [-0.1, -0.05) is 36.4 Å². The third kappa shape index (κ3) is 2.23. The summed E-state index contributed by atoms with van der Waals surface area (Å²) in [6, 6.07) is 10.3. The molecule has 0 saturated heterocycles. The Balaban J connectivity index is 2.93. The van der Waals surface area contributed by atoms with Crippen LogP contribution in [-0.2, 0) is 10.1 Å². The Morgan fingerprint density at radius 2 is 1.88 bits per heavy atom. The Labute approximate surface area is 100 Å². The van der Waals surface area contributed by atoms with Crippen LogP contribution >= 0.6 is 0 Å². The van der Waals surface area contributed by atoms with Gasteiger partial charge >= 0.3 is 0 Å². The molecule has 0 saturated carbocycles. The van der Waals surface area contributed by atoms with E-state index in [9.17, 15) is 13.0 Å². The molecule has 88 valence electrons. The Hall–Kier alpha value is -1.65. The maximum absolute atomic E-state index is 11.3. The summed E-state index contributed by atoms with van der Waals surface area (Å²) in [5.41, 5.74) is 1.46. The maximum Gasteiger partial charge on any atom is 0.295 e. The first-order valence-corrected chi connectivity index (χ1v) is 6.50. The lowest BCUT2D eigenvalue weighted by Gasteiger charge is -2.07. The van der Waals surface area contributed by atoms with Crippen LogP contribution in [0.3, 0.4) is 0 Å². The number of hydrogen-bond donors (Lipinski definition) is 1. The predicted octanol–water partition coefficient (Wildman–Crippen LogP) is 3.12. The molecular formula is C13H12O3S. The zero-order chi connectivity index (χ0) is 12.6. The standard InChI is InChI=1S/C13H12O3S/c1-9(2)11-7-10-5-3-4-6-12(10)13(8-11)17(14,15)16/h3-8H,1H2,2H3,(H,14,15,16). The van der Waals surface area contributed by atoms with Crippen molar-refractivity contribution in [2.75, 3.05) is 0 Å². The van der Waals surface area contributed by atoms with Crippen molar-refractivity contribution in [3.63, 3.8) is 0 Å². The first-order valence-electron chi connectivity index (χ1n) is 5.06. The fraction of sp³-hybridized carbons (Fsp3) is 0.0769. The summed E-state index contributed by atoms with van der Waals surface area (Å²) in [5.74, 6) is 0. The quantitative estimate of drug-likeness (QED) is 0.831. The third-order valence-electron chi connectivity index (χ3n) is 2.59. The van der Waals surface area contributed by atoms with E-state index in [-0.39, 0.29) is 4.90 Å². The van der Waals surface area contributed by atoms with Crippen molar-refractivity contribution < 1.29 is 13.0 Å². The van der Waals surface area contributed by atoms with Crippen molar-refractivity contribution in [2.24, 2.45) is 0 Å². The topological polar surface area (TPSA) is 54.4 Å². The van der Waals surface area contributed by atoms with E-state index in [2.05, 4.69) is 6.58 Å². The minimum atomic E-state index is -4.23. The van der Waals surface area contributed by atoms with Crippen LogP contribution in [0.15, 0.2) is 47.9 Å². The smallest absolute Gasteiger partial charge is 0.282 e. The molecule has 1 N–H and O–H groups in total. The highest BCUT2D eigenvalue weighted by molar-refractivity contribution is 7.86. The van der Waals surface area contributed by atoms with Crippen LogP contribution in [0.5, 0.6) is 0 Å². The third-order valence-corrected chi connectivity index (χ3v) is 3.49. The molecule has 0 atom stereocenters. The highest BCUT2D eigenvalue weighted by Gasteiger charge is 2.15. The summed E-state index contributed by atoms with van der Waals surface area (Å²) in [6.45, 7) is 5.57. The molecule has 0 spiro atoms. The summed E-state index contributed by atoms with van der Waals surface area (Å²) < 4.78 is 31.9. The molecule has 2 rings (SSSR count). The molecule has 0 fully saturated rings. The largest absolute Gasteiger partial charge is 0.295 e. The number of rotatable bonds is 2. The van der Waals surface area contributed by atoms with Gasteiger partial charge in [-0.15, -0.1) is 0 Å². The predicted molar refractivity (Wildman–Crippen MR) is 68.5 cm³/mol. The van der Waals surface area contributed by atoms with Crippen LogP contribution in [0.1, 0.15) is 12.5 Å². The van der Waals surface area contributed by atoms with Crippen molar-refractivity contribution in [1.82, 2.24) is 0 Å². The van der Waals surface area contributed by atoms with Crippen LogP contribution in [0.4, 0.5) is 0 Å². The molecule has 2 aromatic rings. The average molecular weight is 248 g/mol. The van der Waals surface area contributed by atoms with Gasteiger partial charge in [0.05, 0.1) is 0 Å². The van der Waals surface area contributed by atoms with Gasteiger partial charge in [-0.2, -0.15) is 8.42 Å². The first kappa shape index (κ1) is 11.8. The highest BCUT2D eigenvalue weighted by atomic mass is 32.2. The van der Waals surface area contributed by atoms with Crippen LogP contribution < -0.4 is 0 Å². The number of allylic oxidation sites excluding steroid dienone is 1. The summed E-state index contributed by atoms with van der Waals surface area (Å²) in [4.78, 5) is -0.0754. The molecule has 0 aromatic heterocycles. The minimum Gasteiger partial charge on any atom is -0.282 e. The van der Waals surface area contributed by atoms with E-state index in [0.717, 1.165) is 11.0 Å². The monoisotopic (exact) mass is 248 g/mol. The van der Waals surface area contributed by atoms with Gasteiger partial charge in [-0.05, 0) is 30.0 Å². The van der Waals surface area contributed by atoms with Crippen LogP contribution in [0.2, 0.25) is 0 Å². The minimum absolute atomic E-state index is 0.0754. The zero-order valence-corrected chi connectivity index (χ0v) is 10.2. The SMILES string of the molecule is C=C(C)c1cc(S(=O)(=O)O)c2ccccc2c1. The van der Waals surface area contributed by atoms with Crippen molar-refractivity contribution in [3.05, 3.63) is 48.5 Å². The van der Waals surface area contributed by atoms with E-state index in [4.69, 9.17) is 0 Å². The molecule has 0 amide bonds. The van der Waals surface area contributed by atoms with E-state index in [1.165, 1.54) is 6.07 Å². The van der Waals surface area contributed by atoms with E-state index < -0.39 is 10.1 Å². The molecule has 4 heteroatoms. The fourth-order valence-electron chi connectivity index (χ4n) is 1.74. The zero-order valence-electron chi connectivity index (χ0n) is 9.34. The number of hydrogen-bond acceptors (Lipinski definition) is 2. The maximum atomic E-state index is 11.3. The Morgan fingerprint density at radius 1 is 1.24 bits per heavy atom. The lowest BCUT2D eigenvalue weighted by Crippen LogP contribution is -2.00. The average Bonchev–Trinajstić information content (AvgIpc) is 2.26. The normalized spacial score (nSPS) is 11.6. The van der Waals surface area contributed by atoms with Crippen LogP contribution in [0.25, 0.3) is 16.3 Å². The van der Waals surface area contributed by atoms with E-state index in [1.807, 2.05) is 12.1 Å². The van der Waals surface area contributed by atoms with Gasteiger partial charge in [0.1, 0.15) is 4.90 Å².